The van der Waals surface area contributed by atoms with Gasteiger partial charge < -0.3 is 5.11 Å². The fourth-order valence-electron chi connectivity index (χ4n) is 3.21. The molecule has 174 valence electrons. The number of unbranched alkanes of at least 4 members (excludes halogenated alkanes) is 3. The summed E-state index contributed by atoms with van der Waals surface area (Å²) in [6.07, 6.45) is 4.49. The van der Waals surface area contributed by atoms with Gasteiger partial charge in [0.2, 0.25) is 0 Å². The van der Waals surface area contributed by atoms with Gasteiger partial charge in [-0.2, -0.15) is 71.8 Å². The van der Waals surface area contributed by atoms with Gasteiger partial charge in [-0.05, 0) is 19.4 Å². The third-order valence-corrected chi connectivity index (χ3v) is 4.77. The van der Waals surface area contributed by atoms with Crippen LogP contribution in [0.3, 0.4) is 0 Å². The standard InChI is InChI=1S/C18H25NO.2C5H5.2Fe/c20-14-8-2-1-7-13-19(15-17-9-3-4-10-17)16-18-11-5-6-12-18;2*1-2-4-5-3-1;;/h3-6,9-12,20H,1-2,7-8,13-16H2;2*1-5H;;/q-2;2*-1;2*+2. The third kappa shape index (κ3) is 15.2. The van der Waals surface area contributed by atoms with Gasteiger partial charge in [-0.3, -0.25) is 4.90 Å². The van der Waals surface area contributed by atoms with Crippen LogP contribution in [0.15, 0.2) is 109 Å². The number of aliphatic hydroxyl groups is 1. The molecule has 0 saturated heterocycles. The van der Waals surface area contributed by atoms with E-state index in [9.17, 15) is 0 Å². The zero-order valence-corrected chi connectivity index (χ0v) is 20.9. The maximum absolute atomic E-state index is 8.81. The van der Waals surface area contributed by atoms with Gasteiger partial charge in [0.05, 0.1) is 0 Å². The van der Waals surface area contributed by atoms with E-state index in [1.807, 2.05) is 60.7 Å². The first kappa shape index (κ1) is 30.4. The van der Waals surface area contributed by atoms with E-state index in [-0.39, 0.29) is 34.1 Å². The number of hydrogen-bond donors (Lipinski definition) is 1. The monoisotopic (exact) mass is 513 g/mol. The zero-order valence-electron chi connectivity index (χ0n) is 18.7. The Morgan fingerprint density at radius 1 is 0.594 bits per heavy atom. The minimum absolute atomic E-state index is 0. The Hall–Kier alpha value is -1.64. The molecule has 0 aromatic heterocycles. The van der Waals surface area contributed by atoms with Gasteiger partial charge in [-0.25, -0.2) is 48.5 Å². The van der Waals surface area contributed by atoms with Crippen LogP contribution >= 0.6 is 0 Å². The van der Waals surface area contributed by atoms with Crippen molar-refractivity contribution in [3.63, 3.8) is 0 Å². The van der Waals surface area contributed by atoms with Gasteiger partial charge in [-0.1, -0.05) is 12.8 Å². The molecule has 0 heterocycles. The molecule has 0 radical (unpaired) electrons. The minimum Gasteiger partial charge on any atom is -0.396 e. The van der Waals surface area contributed by atoms with Crippen LogP contribution in [0.4, 0.5) is 0 Å². The second kappa shape index (κ2) is 21.2. The van der Waals surface area contributed by atoms with Crippen LogP contribution in [0.5, 0.6) is 0 Å². The predicted molar refractivity (Wildman–Crippen MR) is 128 cm³/mol. The van der Waals surface area contributed by atoms with Crippen LogP contribution in [0, 0.1) is 0 Å². The van der Waals surface area contributed by atoms with Crippen LogP contribution in [0.1, 0.15) is 36.8 Å². The SMILES string of the molecule is OCCCCCCN(Cc1ccc[cH-]1)Cc1ccc[cH-]1.[Fe+2].[Fe+2].c1cc[cH-]c1.c1cc[cH-]c1. The second-order valence-electron chi connectivity index (χ2n) is 7.36. The van der Waals surface area contributed by atoms with E-state index in [4.69, 9.17) is 5.11 Å². The largest absolute Gasteiger partial charge is 2.00 e. The van der Waals surface area contributed by atoms with Crippen molar-refractivity contribution < 1.29 is 39.2 Å². The summed E-state index contributed by atoms with van der Waals surface area (Å²) in [4.78, 5) is 2.52. The summed E-state index contributed by atoms with van der Waals surface area (Å²) in [7, 11) is 0. The Morgan fingerprint density at radius 3 is 1.41 bits per heavy atom. The van der Waals surface area contributed by atoms with Gasteiger partial charge in [0, 0.05) is 19.7 Å². The van der Waals surface area contributed by atoms with E-state index < -0.39 is 0 Å². The third-order valence-electron chi connectivity index (χ3n) is 4.77. The number of nitrogens with zero attached hydrogens (tertiary/aromatic N) is 1. The van der Waals surface area contributed by atoms with Crippen molar-refractivity contribution in [1.29, 1.82) is 0 Å². The molecule has 0 amide bonds. The van der Waals surface area contributed by atoms with Crippen molar-refractivity contribution in [1.82, 2.24) is 4.90 Å². The van der Waals surface area contributed by atoms with Crippen molar-refractivity contribution in [2.45, 2.75) is 38.8 Å². The zero-order chi connectivity index (χ0) is 21.1. The molecule has 4 rings (SSSR count). The second-order valence-corrected chi connectivity index (χ2v) is 7.36. The van der Waals surface area contributed by atoms with Gasteiger partial charge in [0.15, 0.2) is 0 Å². The molecule has 0 aliphatic rings. The molecule has 0 saturated carbocycles. The maximum Gasteiger partial charge on any atom is 2.00 e. The molecule has 2 nitrogen and oxygen atoms in total. The summed E-state index contributed by atoms with van der Waals surface area (Å²) in [5.74, 6) is 0. The summed E-state index contributed by atoms with van der Waals surface area (Å²) >= 11 is 0. The molecular formula is C28H35Fe2NO. The summed E-state index contributed by atoms with van der Waals surface area (Å²) in [5.41, 5.74) is 2.79. The topological polar surface area (TPSA) is 23.5 Å². The average molecular weight is 513 g/mol. The van der Waals surface area contributed by atoms with Crippen LogP contribution in [-0.4, -0.2) is 23.2 Å². The van der Waals surface area contributed by atoms with Gasteiger partial charge >= 0.3 is 34.1 Å². The van der Waals surface area contributed by atoms with Crippen LogP contribution < -0.4 is 0 Å². The molecule has 0 unspecified atom stereocenters. The molecule has 0 atom stereocenters. The Balaban J connectivity index is 0.000000657. The molecule has 32 heavy (non-hydrogen) atoms. The normalized spacial score (nSPS) is 9.56. The number of hydrogen-bond acceptors (Lipinski definition) is 2. The predicted octanol–water partition coefficient (Wildman–Crippen LogP) is 6.49. The summed E-state index contributed by atoms with van der Waals surface area (Å²) < 4.78 is 0. The summed E-state index contributed by atoms with van der Waals surface area (Å²) in [6, 6.07) is 37.2. The molecule has 0 aliphatic carbocycles. The van der Waals surface area contributed by atoms with E-state index in [1.165, 1.54) is 24.0 Å². The Morgan fingerprint density at radius 2 is 1.06 bits per heavy atom. The Labute approximate surface area is 215 Å². The molecular weight excluding hydrogens is 478 g/mol. The molecule has 0 bridgehead atoms. The van der Waals surface area contributed by atoms with Crippen LogP contribution in [0.2, 0.25) is 0 Å². The van der Waals surface area contributed by atoms with E-state index in [1.54, 1.807) is 0 Å². The van der Waals surface area contributed by atoms with Crippen molar-refractivity contribution in [3.05, 3.63) is 120 Å². The van der Waals surface area contributed by atoms with Crippen molar-refractivity contribution >= 4 is 0 Å². The number of aliphatic hydroxyl groups excluding tert-OH is 1. The quantitative estimate of drug-likeness (QED) is 0.149. The van der Waals surface area contributed by atoms with Gasteiger partial charge in [0.1, 0.15) is 0 Å². The Kier molecular flexibility index (Phi) is 20.1. The van der Waals surface area contributed by atoms with Gasteiger partial charge in [0.25, 0.3) is 0 Å². The van der Waals surface area contributed by atoms with E-state index in [0.717, 1.165) is 32.5 Å². The molecule has 4 aromatic carbocycles. The maximum atomic E-state index is 8.81. The van der Waals surface area contributed by atoms with Crippen molar-refractivity contribution in [2.24, 2.45) is 0 Å². The first-order chi connectivity index (χ1) is 14.9. The molecule has 0 spiro atoms. The fourth-order valence-corrected chi connectivity index (χ4v) is 3.21. The van der Waals surface area contributed by atoms with E-state index in [2.05, 4.69) is 53.4 Å². The summed E-state index contributed by atoms with van der Waals surface area (Å²) in [5, 5.41) is 8.81. The first-order valence-electron chi connectivity index (χ1n) is 11.0. The molecule has 0 aliphatic heterocycles. The van der Waals surface area contributed by atoms with E-state index in [0.29, 0.717) is 6.61 Å². The molecule has 0 fully saturated rings. The van der Waals surface area contributed by atoms with Crippen LogP contribution in [0.25, 0.3) is 0 Å². The minimum atomic E-state index is 0. The smallest absolute Gasteiger partial charge is 0.396 e. The molecule has 4 aromatic rings. The van der Waals surface area contributed by atoms with Crippen molar-refractivity contribution in [3.8, 4) is 0 Å². The average Bonchev–Trinajstić information content (AvgIpc) is 3.58. The molecule has 1 N–H and O–H groups in total. The molecule has 4 heteroatoms. The summed E-state index contributed by atoms with van der Waals surface area (Å²) in [6.45, 7) is 3.50. The van der Waals surface area contributed by atoms with Crippen LogP contribution in [-0.2, 0) is 47.2 Å². The van der Waals surface area contributed by atoms with Crippen molar-refractivity contribution in [2.75, 3.05) is 13.2 Å². The van der Waals surface area contributed by atoms with Gasteiger partial charge in [-0.15, -0.1) is 0 Å². The number of rotatable bonds is 10. The van der Waals surface area contributed by atoms with E-state index >= 15 is 0 Å². The first-order valence-corrected chi connectivity index (χ1v) is 11.0. The fraction of sp³-hybridized carbons (Fsp3) is 0.286. The Bertz CT molecular complexity index is 678.